The third kappa shape index (κ3) is 8.86. The molecule has 0 aliphatic heterocycles. The van der Waals surface area contributed by atoms with E-state index in [2.05, 4.69) is 207 Å². The molecule has 82 heavy (non-hydrogen) atoms. The summed E-state index contributed by atoms with van der Waals surface area (Å²) < 4.78 is 0. The molecule has 6 aliphatic carbocycles. The molecular weight excluding hydrogens is 989 g/mol. The van der Waals surface area contributed by atoms with Crippen LogP contribution in [0.25, 0.3) is 43.8 Å². The molecule has 2 nitrogen and oxygen atoms in total. The summed E-state index contributed by atoms with van der Waals surface area (Å²) in [7, 11) is 0. The molecule has 414 valence electrons. The Morgan fingerprint density at radius 2 is 0.537 bits per heavy atom. The minimum absolute atomic E-state index is 0.257. The second kappa shape index (κ2) is 21.1. The Morgan fingerprint density at radius 1 is 0.280 bits per heavy atom. The lowest BCUT2D eigenvalue weighted by Gasteiger charge is -2.31. The van der Waals surface area contributed by atoms with Gasteiger partial charge in [0.1, 0.15) is 0 Å². The first-order chi connectivity index (χ1) is 40.2. The van der Waals surface area contributed by atoms with E-state index < -0.39 is 0 Å². The Bertz CT molecular complexity index is 3440. The van der Waals surface area contributed by atoms with Crippen LogP contribution in [0.4, 0.5) is 34.1 Å². The summed E-state index contributed by atoms with van der Waals surface area (Å²) in [4.78, 5) is 5.19. The van der Waals surface area contributed by atoms with Crippen molar-refractivity contribution in [2.45, 2.75) is 191 Å². The Hall–Kier alpha value is -6.90. The van der Waals surface area contributed by atoms with E-state index in [4.69, 9.17) is 0 Å². The van der Waals surface area contributed by atoms with Crippen molar-refractivity contribution >= 4 is 55.7 Å². The van der Waals surface area contributed by atoms with Crippen molar-refractivity contribution in [2.24, 2.45) is 0 Å². The molecule has 0 saturated heterocycles. The molecule has 0 radical (unpaired) electrons. The normalized spacial score (nSPS) is 19.0. The molecule has 0 heterocycles. The number of rotatable bonds is 10. The van der Waals surface area contributed by atoms with Crippen LogP contribution in [0.1, 0.15) is 224 Å². The van der Waals surface area contributed by atoms with Gasteiger partial charge in [-0.05, 0) is 225 Å². The van der Waals surface area contributed by atoms with Gasteiger partial charge in [0.05, 0.1) is 11.4 Å². The molecule has 0 unspecified atom stereocenters. The van der Waals surface area contributed by atoms with Gasteiger partial charge in [-0.15, -0.1) is 0 Å². The van der Waals surface area contributed by atoms with Crippen molar-refractivity contribution in [1.82, 2.24) is 0 Å². The lowest BCUT2D eigenvalue weighted by atomic mass is 9.79. The van der Waals surface area contributed by atoms with Gasteiger partial charge in [-0.2, -0.15) is 0 Å². The fourth-order valence-corrected chi connectivity index (χ4v) is 17.2. The van der Waals surface area contributed by atoms with Crippen LogP contribution < -0.4 is 9.80 Å². The van der Waals surface area contributed by atoms with E-state index in [0.29, 0.717) is 23.7 Å². The maximum Gasteiger partial charge on any atom is 0.0543 e. The van der Waals surface area contributed by atoms with Crippen LogP contribution in [0.2, 0.25) is 0 Å². The highest BCUT2D eigenvalue weighted by molar-refractivity contribution is 6.13. The molecule has 0 spiro atoms. The quantitative estimate of drug-likeness (QED) is 0.135. The van der Waals surface area contributed by atoms with Crippen LogP contribution in [-0.4, -0.2) is 0 Å². The van der Waals surface area contributed by atoms with Crippen molar-refractivity contribution in [3.8, 4) is 22.3 Å². The Kier molecular flexibility index (Phi) is 13.3. The minimum Gasteiger partial charge on any atom is -0.310 e. The van der Waals surface area contributed by atoms with Gasteiger partial charge in [0.15, 0.2) is 0 Å². The van der Waals surface area contributed by atoms with Gasteiger partial charge in [-0.1, -0.05) is 202 Å². The molecule has 9 aromatic carbocycles. The summed E-state index contributed by atoms with van der Waals surface area (Å²) in [6, 6.07) is 68.3. The molecule has 0 N–H and O–H groups in total. The van der Waals surface area contributed by atoms with Crippen LogP contribution in [0.3, 0.4) is 0 Å². The lowest BCUT2D eigenvalue weighted by molar-refractivity contribution is 0.443. The van der Waals surface area contributed by atoms with Crippen LogP contribution >= 0.6 is 0 Å². The molecule has 0 atom stereocenters. The number of hydrogen-bond donors (Lipinski definition) is 0. The van der Waals surface area contributed by atoms with Gasteiger partial charge in [0.2, 0.25) is 0 Å². The van der Waals surface area contributed by atoms with E-state index >= 15 is 0 Å². The third-order valence-electron chi connectivity index (χ3n) is 21.8. The second-order valence-corrected chi connectivity index (χ2v) is 27.3. The summed E-state index contributed by atoms with van der Waals surface area (Å²) in [5.41, 5.74) is 24.2. The van der Waals surface area contributed by atoms with Gasteiger partial charge in [0.25, 0.3) is 0 Å². The van der Waals surface area contributed by atoms with Gasteiger partial charge < -0.3 is 9.80 Å². The van der Waals surface area contributed by atoms with Crippen molar-refractivity contribution < 1.29 is 0 Å². The zero-order valence-electron chi connectivity index (χ0n) is 49.5. The Morgan fingerprint density at radius 3 is 0.805 bits per heavy atom. The summed E-state index contributed by atoms with van der Waals surface area (Å²) in [6.45, 7) is 10.0. The van der Waals surface area contributed by atoms with Crippen LogP contribution in [-0.2, 0) is 10.8 Å². The molecule has 2 heteroatoms. The van der Waals surface area contributed by atoms with Gasteiger partial charge in [-0.25, -0.2) is 0 Å². The minimum atomic E-state index is -0.257. The fraction of sp³-hybridized carbons (Fsp3) is 0.375. The topological polar surface area (TPSA) is 6.48 Å². The zero-order valence-corrected chi connectivity index (χ0v) is 49.5. The van der Waals surface area contributed by atoms with E-state index in [1.54, 1.807) is 0 Å². The van der Waals surface area contributed by atoms with E-state index in [-0.39, 0.29) is 10.8 Å². The third-order valence-corrected chi connectivity index (χ3v) is 21.8. The van der Waals surface area contributed by atoms with Crippen molar-refractivity contribution in [2.75, 3.05) is 9.80 Å². The monoisotopic (exact) mass is 1070 g/mol. The average Bonchev–Trinajstić information content (AvgIpc) is 1.95. The first kappa shape index (κ1) is 51.9. The van der Waals surface area contributed by atoms with Crippen LogP contribution in [0.15, 0.2) is 170 Å². The highest BCUT2D eigenvalue weighted by Crippen LogP contribution is 2.61. The van der Waals surface area contributed by atoms with E-state index in [9.17, 15) is 0 Å². The largest absolute Gasteiger partial charge is 0.310 e. The summed E-state index contributed by atoms with van der Waals surface area (Å²) in [5, 5.41) is 5.28. The van der Waals surface area contributed by atoms with Crippen molar-refractivity contribution in [3.05, 3.63) is 214 Å². The molecule has 9 aromatic rings. The van der Waals surface area contributed by atoms with Gasteiger partial charge >= 0.3 is 0 Å². The molecule has 0 aromatic heterocycles. The highest BCUT2D eigenvalue weighted by Gasteiger charge is 2.44. The molecule has 6 aliphatic rings. The number of anilines is 6. The van der Waals surface area contributed by atoms with Crippen LogP contribution in [0, 0.1) is 0 Å². The van der Waals surface area contributed by atoms with Crippen LogP contribution in [0.5, 0.6) is 0 Å². The Labute approximate surface area is 490 Å². The summed E-state index contributed by atoms with van der Waals surface area (Å²) >= 11 is 0. The first-order valence-electron chi connectivity index (χ1n) is 32.5. The zero-order chi connectivity index (χ0) is 55.1. The first-order valence-corrected chi connectivity index (χ1v) is 32.5. The number of nitrogens with zero attached hydrogens (tertiary/aromatic N) is 2. The standard InChI is InChI=1S/C80H84N2/c1-79(2)71-49-70-72(50-69(71)77-67-31-19-17-29-65(67)75(51-73(77)79)81(61-41-33-57(34-42-61)53-21-9-5-10-22-53)62-43-35-58(36-44-62)54-23-11-6-12-24-54)80(3,4)74-52-76(66-30-18-20-32-68(66)78(70)74)82(63-45-37-59(38-46-63)55-25-13-7-14-26-55)64-47-39-60(40-48-64)56-27-15-8-16-28-56/h17-20,29-56H,5-16,21-28H2,1-4H3. The maximum absolute atomic E-state index is 2.65. The van der Waals surface area contributed by atoms with Crippen molar-refractivity contribution in [3.63, 3.8) is 0 Å². The predicted molar refractivity (Wildman–Crippen MR) is 349 cm³/mol. The summed E-state index contributed by atoms with van der Waals surface area (Å²) in [6.07, 6.45) is 26.7. The average molecular weight is 1070 g/mol. The lowest BCUT2D eigenvalue weighted by Crippen LogP contribution is -2.18. The molecule has 15 rings (SSSR count). The maximum atomic E-state index is 2.65. The SMILES string of the molecule is CC1(C)c2cc3c(cc2-c2c1cc(N(c1ccc(C4CCCCC4)cc1)c1ccc(C4CCCCC4)cc1)c1ccccc21)C(C)(C)c1cc(N(c2ccc(C4CCCCC4)cc2)c2ccc(C4CCCCC4)cc2)c2ccccc2c1-3. The molecule has 4 fully saturated rings. The molecule has 4 saturated carbocycles. The highest BCUT2D eigenvalue weighted by atomic mass is 15.1. The van der Waals surface area contributed by atoms with Gasteiger partial charge in [0, 0.05) is 44.4 Å². The molecule has 0 bridgehead atoms. The van der Waals surface area contributed by atoms with E-state index in [0.717, 1.165) is 0 Å². The van der Waals surface area contributed by atoms with Gasteiger partial charge in [-0.3, -0.25) is 0 Å². The summed E-state index contributed by atoms with van der Waals surface area (Å²) in [5.74, 6) is 2.67. The number of fused-ring (bicyclic) bond motifs is 10. The Balaban J connectivity index is 0.861. The van der Waals surface area contributed by atoms with Crippen molar-refractivity contribution in [1.29, 1.82) is 0 Å². The number of hydrogen-bond acceptors (Lipinski definition) is 2. The van der Waals surface area contributed by atoms with E-state index in [1.807, 2.05) is 0 Å². The number of benzene rings is 9. The fourth-order valence-electron chi connectivity index (χ4n) is 17.2. The predicted octanol–water partition coefficient (Wildman–Crippen LogP) is 23.7. The van der Waals surface area contributed by atoms with E-state index in [1.165, 1.54) is 251 Å². The smallest absolute Gasteiger partial charge is 0.0543 e. The molecular formula is C80H84N2. The molecule has 0 amide bonds. The second-order valence-electron chi connectivity index (χ2n) is 27.3.